The van der Waals surface area contributed by atoms with E-state index in [1.807, 2.05) is 18.2 Å². The van der Waals surface area contributed by atoms with Crippen molar-refractivity contribution in [1.82, 2.24) is 24.9 Å². The van der Waals surface area contributed by atoms with E-state index >= 15 is 0 Å². The van der Waals surface area contributed by atoms with E-state index in [1.165, 1.54) is 0 Å². The van der Waals surface area contributed by atoms with Gasteiger partial charge in [0.2, 0.25) is 15.9 Å². The summed E-state index contributed by atoms with van der Waals surface area (Å²) in [4.78, 5) is 12.6. The number of hydrogen-bond donors (Lipinski definition) is 2. The van der Waals surface area contributed by atoms with Crippen LogP contribution in [0.2, 0.25) is 0 Å². The third kappa shape index (κ3) is 4.89. The average molecular weight is 427 g/mol. The Labute approximate surface area is 174 Å². The Morgan fingerprint density at radius 2 is 1.93 bits per heavy atom. The number of amides is 1. The number of carbonyl (C=O) groups is 1. The van der Waals surface area contributed by atoms with Gasteiger partial charge in [-0.15, -0.1) is 5.10 Å². The van der Waals surface area contributed by atoms with Crippen molar-refractivity contribution in [3.8, 4) is 11.4 Å². The molecule has 0 aliphatic heterocycles. The Morgan fingerprint density at radius 3 is 2.60 bits per heavy atom. The molecule has 1 heterocycles. The number of hydrogen-bond acceptors (Lipinski definition) is 6. The van der Waals surface area contributed by atoms with Gasteiger partial charge in [-0.2, -0.15) is 0 Å². The summed E-state index contributed by atoms with van der Waals surface area (Å²) < 4.78 is 28.6. The number of rotatable bonds is 8. The van der Waals surface area contributed by atoms with Crippen LogP contribution in [0.4, 0.5) is 5.69 Å². The minimum atomic E-state index is -3.46. The third-order valence-corrected chi connectivity index (χ3v) is 6.33. The van der Waals surface area contributed by atoms with Crippen LogP contribution in [0.3, 0.4) is 0 Å². The molecule has 0 bridgehead atoms. The second-order valence-corrected chi connectivity index (χ2v) is 9.01. The fraction of sp³-hybridized carbons (Fsp3) is 0.300. The number of benzene rings is 2. The van der Waals surface area contributed by atoms with E-state index in [2.05, 4.69) is 25.6 Å². The van der Waals surface area contributed by atoms with Crippen LogP contribution < -0.4 is 10.0 Å². The standard InChI is InChI=1S/C20H22N6O3S/c1-26-20(22-24-25-26)15-3-2-4-17(13-15)21-19(27)12-7-14-5-10-18(11-6-14)30(28,29)23-16-8-9-16/h2-6,10-11,13,16,23H,7-9,12H2,1H3,(H,21,27). The molecular formula is C20H22N6O3S. The lowest BCUT2D eigenvalue weighted by atomic mass is 10.1. The zero-order chi connectivity index (χ0) is 21.1. The predicted molar refractivity (Wildman–Crippen MR) is 111 cm³/mol. The Bertz CT molecular complexity index is 1150. The highest BCUT2D eigenvalue weighted by molar-refractivity contribution is 7.89. The van der Waals surface area contributed by atoms with E-state index < -0.39 is 10.0 Å². The molecule has 1 fully saturated rings. The zero-order valence-corrected chi connectivity index (χ0v) is 17.3. The zero-order valence-electron chi connectivity index (χ0n) is 16.4. The molecule has 0 atom stereocenters. The molecular weight excluding hydrogens is 404 g/mol. The molecule has 0 unspecified atom stereocenters. The fourth-order valence-corrected chi connectivity index (χ4v) is 4.32. The summed E-state index contributed by atoms with van der Waals surface area (Å²) in [5.41, 5.74) is 2.36. The maximum atomic E-state index is 12.3. The third-order valence-electron chi connectivity index (χ3n) is 4.80. The normalized spacial score (nSPS) is 13.9. The predicted octanol–water partition coefficient (Wildman–Crippen LogP) is 1.89. The van der Waals surface area contributed by atoms with Gasteiger partial charge in [0.25, 0.3) is 0 Å². The number of sulfonamides is 1. The smallest absolute Gasteiger partial charge is 0.240 e. The van der Waals surface area contributed by atoms with Crippen molar-refractivity contribution in [2.24, 2.45) is 7.05 Å². The summed E-state index contributed by atoms with van der Waals surface area (Å²) in [7, 11) is -1.71. The molecule has 2 aromatic carbocycles. The maximum Gasteiger partial charge on any atom is 0.240 e. The van der Waals surface area contributed by atoms with E-state index in [-0.39, 0.29) is 23.3 Å². The van der Waals surface area contributed by atoms with Crippen molar-refractivity contribution in [3.63, 3.8) is 0 Å². The summed E-state index contributed by atoms with van der Waals surface area (Å²) >= 11 is 0. The lowest BCUT2D eigenvalue weighted by Crippen LogP contribution is -2.25. The summed E-state index contributed by atoms with van der Waals surface area (Å²) in [6.45, 7) is 0. The van der Waals surface area contributed by atoms with Gasteiger partial charge in [-0.3, -0.25) is 4.79 Å². The number of nitrogens with one attached hydrogen (secondary N) is 2. The van der Waals surface area contributed by atoms with Gasteiger partial charge in [0, 0.05) is 30.8 Å². The van der Waals surface area contributed by atoms with Gasteiger partial charge in [-0.1, -0.05) is 24.3 Å². The quantitative estimate of drug-likeness (QED) is 0.568. The minimum absolute atomic E-state index is 0.0711. The van der Waals surface area contributed by atoms with E-state index in [0.717, 1.165) is 24.0 Å². The first-order valence-electron chi connectivity index (χ1n) is 9.65. The second-order valence-electron chi connectivity index (χ2n) is 7.29. The Hall–Kier alpha value is -3.11. The Morgan fingerprint density at radius 1 is 1.17 bits per heavy atom. The number of nitrogens with zero attached hydrogens (tertiary/aromatic N) is 4. The molecule has 1 amide bonds. The van der Waals surface area contributed by atoms with Crippen LogP contribution in [0.5, 0.6) is 0 Å². The minimum Gasteiger partial charge on any atom is -0.326 e. The van der Waals surface area contributed by atoms with Crippen LogP contribution in [0.1, 0.15) is 24.8 Å². The SMILES string of the molecule is Cn1nnnc1-c1cccc(NC(=O)CCc2ccc(S(=O)(=O)NC3CC3)cc2)c1. The number of anilines is 1. The number of tetrazole rings is 1. The van der Waals surface area contributed by atoms with Crippen molar-refractivity contribution < 1.29 is 13.2 Å². The Kier molecular flexibility index (Phi) is 5.60. The summed E-state index contributed by atoms with van der Waals surface area (Å²) in [5.74, 6) is 0.479. The van der Waals surface area contributed by atoms with Gasteiger partial charge < -0.3 is 5.32 Å². The second kappa shape index (κ2) is 8.33. The first-order chi connectivity index (χ1) is 14.4. The van der Waals surface area contributed by atoms with Gasteiger partial charge in [0.1, 0.15) is 0 Å². The molecule has 2 N–H and O–H groups in total. The first-order valence-corrected chi connectivity index (χ1v) is 11.1. The van der Waals surface area contributed by atoms with E-state index in [9.17, 15) is 13.2 Å². The molecule has 10 heteroatoms. The van der Waals surface area contributed by atoms with E-state index in [0.29, 0.717) is 17.9 Å². The number of aromatic nitrogens is 4. The molecule has 1 aliphatic rings. The molecule has 0 saturated heterocycles. The molecule has 0 radical (unpaired) electrons. The summed E-state index contributed by atoms with van der Waals surface area (Å²) in [6, 6.07) is 14.0. The van der Waals surface area contributed by atoms with Crippen molar-refractivity contribution in [3.05, 3.63) is 54.1 Å². The van der Waals surface area contributed by atoms with Crippen LogP contribution in [-0.4, -0.2) is 40.6 Å². The maximum absolute atomic E-state index is 12.3. The number of aryl methyl sites for hydroxylation is 2. The van der Waals surface area contributed by atoms with Gasteiger partial charge >= 0.3 is 0 Å². The molecule has 0 spiro atoms. The van der Waals surface area contributed by atoms with Crippen molar-refractivity contribution in [2.75, 3.05) is 5.32 Å². The first kappa shape index (κ1) is 20.2. The molecule has 30 heavy (non-hydrogen) atoms. The van der Waals surface area contributed by atoms with Crippen LogP contribution in [0.15, 0.2) is 53.4 Å². The average Bonchev–Trinajstić information content (AvgIpc) is 3.42. The highest BCUT2D eigenvalue weighted by Gasteiger charge is 2.27. The summed E-state index contributed by atoms with van der Waals surface area (Å²) in [6.07, 6.45) is 2.58. The molecule has 3 aromatic rings. The van der Waals surface area contributed by atoms with E-state index in [1.54, 1.807) is 42.1 Å². The van der Waals surface area contributed by atoms with Gasteiger partial charge in [0.15, 0.2) is 5.82 Å². The lowest BCUT2D eigenvalue weighted by Gasteiger charge is -2.08. The highest BCUT2D eigenvalue weighted by atomic mass is 32.2. The number of carbonyl (C=O) groups excluding carboxylic acids is 1. The molecule has 4 rings (SSSR count). The van der Waals surface area contributed by atoms with Gasteiger partial charge in [-0.05, 0) is 59.5 Å². The van der Waals surface area contributed by atoms with Crippen molar-refractivity contribution >= 4 is 21.6 Å². The molecule has 1 saturated carbocycles. The van der Waals surface area contributed by atoms with E-state index in [4.69, 9.17) is 0 Å². The molecule has 156 valence electrons. The van der Waals surface area contributed by atoms with Crippen molar-refractivity contribution in [1.29, 1.82) is 0 Å². The van der Waals surface area contributed by atoms with Crippen LogP contribution in [0.25, 0.3) is 11.4 Å². The van der Waals surface area contributed by atoms with Gasteiger partial charge in [0.05, 0.1) is 4.90 Å². The lowest BCUT2D eigenvalue weighted by molar-refractivity contribution is -0.116. The molecule has 1 aromatic heterocycles. The van der Waals surface area contributed by atoms with Gasteiger partial charge in [-0.25, -0.2) is 17.8 Å². The topological polar surface area (TPSA) is 119 Å². The summed E-state index contributed by atoms with van der Waals surface area (Å²) in [5, 5.41) is 14.3. The molecule has 1 aliphatic carbocycles. The monoisotopic (exact) mass is 426 g/mol. The van der Waals surface area contributed by atoms with Crippen LogP contribution >= 0.6 is 0 Å². The highest BCUT2D eigenvalue weighted by Crippen LogP contribution is 2.23. The Balaban J connectivity index is 1.33. The van der Waals surface area contributed by atoms with Crippen molar-refractivity contribution in [2.45, 2.75) is 36.6 Å². The largest absolute Gasteiger partial charge is 0.326 e. The van der Waals surface area contributed by atoms with Crippen LogP contribution in [0, 0.1) is 0 Å². The fourth-order valence-electron chi connectivity index (χ4n) is 3.02. The molecule has 9 nitrogen and oxygen atoms in total. The van der Waals surface area contributed by atoms with Crippen LogP contribution in [-0.2, 0) is 28.3 Å².